The summed E-state index contributed by atoms with van der Waals surface area (Å²) in [6.07, 6.45) is 2.81. The maximum Gasteiger partial charge on any atom is 0.0624 e. The van der Waals surface area contributed by atoms with Crippen LogP contribution in [0, 0.1) is 0 Å². The molecular formula is C10H17N5. The number of hydrogen-bond acceptors (Lipinski definition) is 2. The minimum atomic E-state index is 0.543. The molecule has 1 aromatic rings. The molecule has 0 aliphatic carbocycles. The summed E-state index contributed by atoms with van der Waals surface area (Å²) in [5.41, 5.74) is 10.5. The van der Waals surface area contributed by atoms with E-state index in [0.717, 1.165) is 31.5 Å². The Hall–Kier alpha value is -1.48. The molecule has 0 fully saturated rings. The molecule has 0 atom stereocenters. The Morgan fingerprint density at radius 1 is 1.47 bits per heavy atom. The molecule has 5 nitrogen and oxygen atoms in total. The lowest BCUT2D eigenvalue weighted by atomic mass is 10.2. The molecule has 0 amide bonds. The van der Waals surface area contributed by atoms with Gasteiger partial charge in [0.15, 0.2) is 0 Å². The number of azide groups is 1. The normalized spacial score (nSPS) is 10.0. The minimum Gasteiger partial charge on any atom is -0.269 e. The third-order valence-electron chi connectivity index (χ3n) is 2.33. The molecule has 5 heteroatoms. The summed E-state index contributed by atoms with van der Waals surface area (Å²) in [7, 11) is 0. The van der Waals surface area contributed by atoms with Crippen LogP contribution in [0.2, 0.25) is 0 Å². The molecule has 0 aliphatic heterocycles. The Labute approximate surface area is 89.7 Å². The van der Waals surface area contributed by atoms with Gasteiger partial charge >= 0.3 is 0 Å². The van der Waals surface area contributed by atoms with E-state index in [1.54, 1.807) is 0 Å². The molecule has 0 radical (unpaired) electrons. The maximum absolute atomic E-state index is 8.14. The van der Waals surface area contributed by atoms with Gasteiger partial charge in [-0.15, -0.1) is 0 Å². The van der Waals surface area contributed by atoms with E-state index in [1.807, 2.05) is 4.68 Å². The van der Waals surface area contributed by atoms with E-state index in [2.05, 4.69) is 35.0 Å². The Balaban J connectivity index is 2.58. The smallest absolute Gasteiger partial charge is 0.0624 e. The van der Waals surface area contributed by atoms with Gasteiger partial charge in [-0.05, 0) is 30.9 Å². The van der Waals surface area contributed by atoms with Crippen LogP contribution in [0.15, 0.2) is 11.2 Å². The molecule has 1 aromatic heterocycles. The SMILES string of the molecule is CCc1cc(CC)n(CCCN=[N+]=[N-])n1. The molecule has 0 spiro atoms. The lowest BCUT2D eigenvalue weighted by Gasteiger charge is -2.03. The number of aryl methyl sites for hydroxylation is 3. The fraction of sp³-hybridized carbons (Fsp3) is 0.700. The van der Waals surface area contributed by atoms with Crippen molar-refractivity contribution in [2.24, 2.45) is 5.11 Å². The van der Waals surface area contributed by atoms with Gasteiger partial charge in [-0.2, -0.15) is 5.10 Å². The van der Waals surface area contributed by atoms with Gasteiger partial charge in [0.25, 0.3) is 0 Å². The second kappa shape index (κ2) is 6.09. The standard InChI is InChI=1S/C10H17N5/c1-3-9-8-10(4-2)15(13-9)7-5-6-12-14-11/h8H,3-7H2,1-2H3. The number of hydrogen-bond donors (Lipinski definition) is 0. The van der Waals surface area contributed by atoms with Crippen LogP contribution in [-0.2, 0) is 19.4 Å². The van der Waals surface area contributed by atoms with E-state index in [4.69, 9.17) is 5.53 Å². The second-order valence-electron chi connectivity index (χ2n) is 3.37. The summed E-state index contributed by atoms with van der Waals surface area (Å²) in [6, 6.07) is 2.15. The van der Waals surface area contributed by atoms with E-state index in [0.29, 0.717) is 6.54 Å². The summed E-state index contributed by atoms with van der Waals surface area (Å²) in [4.78, 5) is 2.73. The molecule has 82 valence electrons. The highest BCUT2D eigenvalue weighted by Crippen LogP contribution is 2.07. The second-order valence-corrected chi connectivity index (χ2v) is 3.37. The van der Waals surface area contributed by atoms with Gasteiger partial charge in [-0.1, -0.05) is 19.0 Å². The van der Waals surface area contributed by atoms with Crippen molar-refractivity contribution >= 4 is 0 Å². The average Bonchev–Trinajstić information content (AvgIpc) is 2.67. The molecule has 15 heavy (non-hydrogen) atoms. The highest BCUT2D eigenvalue weighted by atomic mass is 15.3. The minimum absolute atomic E-state index is 0.543. The first-order valence-corrected chi connectivity index (χ1v) is 5.38. The van der Waals surface area contributed by atoms with Gasteiger partial charge in [0.2, 0.25) is 0 Å². The Morgan fingerprint density at radius 2 is 2.27 bits per heavy atom. The first-order valence-electron chi connectivity index (χ1n) is 5.38. The van der Waals surface area contributed by atoms with Crippen LogP contribution in [0.25, 0.3) is 10.4 Å². The summed E-state index contributed by atoms with van der Waals surface area (Å²) < 4.78 is 2.02. The predicted octanol–water partition coefficient (Wildman–Crippen LogP) is 2.71. The predicted molar refractivity (Wildman–Crippen MR) is 59.6 cm³/mol. The zero-order chi connectivity index (χ0) is 11.1. The summed E-state index contributed by atoms with van der Waals surface area (Å²) >= 11 is 0. The van der Waals surface area contributed by atoms with Gasteiger partial charge in [0.1, 0.15) is 0 Å². The highest BCUT2D eigenvalue weighted by Gasteiger charge is 2.03. The van der Waals surface area contributed by atoms with E-state index in [9.17, 15) is 0 Å². The van der Waals surface area contributed by atoms with Crippen molar-refractivity contribution in [1.82, 2.24) is 9.78 Å². The summed E-state index contributed by atoms with van der Waals surface area (Å²) in [6.45, 7) is 5.61. The zero-order valence-electron chi connectivity index (χ0n) is 9.35. The highest BCUT2D eigenvalue weighted by molar-refractivity contribution is 5.10. The van der Waals surface area contributed by atoms with Crippen molar-refractivity contribution in [2.45, 2.75) is 39.7 Å². The average molecular weight is 207 g/mol. The van der Waals surface area contributed by atoms with E-state index >= 15 is 0 Å². The molecule has 0 saturated carbocycles. The molecule has 0 bridgehead atoms. The summed E-state index contributed by atoms with van der Waals surface area (Å²) in [5.74, 6) is 0. The molecule has 1 heterocycles. The van der Waals surface area contributed by atoms with Gasteiger partial charge in [0, 0.05) is 23.7 Å². The van der Waals surface area contributed by atoms with Crippen molar-refractivity contribution in [3.05, 3.63) is 27.9 Å². The van der Waals surface area contributed by atoms with Crippen LogP contribution in [0.1, 0.15) is 31.7 Å². The third-order valence-corrected chi connectivity index (χ3v) is 2.33. The lowest BCUT2D eigenvalue weighted by Crippen LogP contribution is -2.05. The summed E-state index contributed by atoms with van der Waals surface area (Å²) in [5, 5.41) is 7.99. The molecule has 0 N–H and O–H groups in total. The van der Waals surface area contributed by atoms with E-state index < -0.39 is 0 Å². The maximum atomic E-state index is 8.14. The van der Waals surface area contributed by atoms with Crippen LogP contribution in [0.3, 0.4) is 0 Å². The van der Waals surface area contributed by atoms with Crippen molar-refractivity contribution in [1.29, 1.82) is 0 Å². The molecular weight excluding hydrogens is 190 g/mol. The van der Waals surface area contributed by atoms with Crippen LogP contribution in [0.4, 0.5) is 0 Å². The molecule has 0 aromatic carbocycles. The van der Waals surface area contributed by atoms with Gasteiger partial charge < -0.3 is 0 Å². The van der Waals surface area contributed by atoms with Crippen LogP contribution < -0.4 is 0 Å². The molecule has 0 saturated heterocycles. The number of rotatable bonds is 6. The number of aromatic nitrogens is 2. The molecule has 1 rings (SSSR count). The van der Waals surface area contributed by atoms with Crippen molar-refractivity contribution in [3.63, 3.8) is 0 Å². The topological polar surface area (TPSA) is 66.6 Å². The molecule has 0 aliphatic rings. The quantitative estimate of drug-likeness (QED) is 0.306. The largest absolute Gasteiger partial charge is 0.269 e. The van der Waals surface area contributed by atoms with Crippen molar-refractivity contribution < 1.29 is 0 Å². The fourth-order valence-electron chi connectivity index (χ4n) is 1.50. The van der Waals surface area contributed by atoms with E-state index in [1.165, 1.54) is 5.69 Å². The van der Waals surface area contributed by atoms with Gasteiger partial charge in [0.05, 0.1) is 5.69 Å². The Bertz CT molecular complexity index is 349. The fourth-order valence-corrected chi connectivity index (χ4v) is 1.50. The third kappa shape index (κ3) is 3.29. The van der Waals surface area contributed by atoms with Crippen molar-refractivity contribution in [2.75, 3.05) is 6.54 Å². The van der Waals surface area contributed by atoms with Crippen LogP contribution in [-0.4, -0.2) is 16.3 Å². The lowest BCUT2D eigenvalue weighted by molar-refractivity contribution is 0.557. The number of nitrogens with zero attached hydrogens (tertiary/aromatic N) is 5. The Kier molecular flexibility index (Phi) is 4.71. The van der Waals surface area contributed by atoms with E-state index in [-0.39, 0.29) is 0 Å². The zero-order valence-corrected chi connectivity index (χ0v) is 9.35. The first kappa shape index (κ1) is 11.6. The molecule has 0 unspecified atom stereocenters. The monoisotopic (exact) mass is 207 g/mol. The first-order chi connectivity index (χ1) is 7.31. The Morgan fingerprint density at radius 3 is 2.87 bits per heavy atom. The van der Waals surface area contributed by atoms with Crippen LogP contribution in [0.5, 0.6) is 0 Å². The van der Waals surface area contributed by atoms with Crippen molar-refractivity contribution in [3.8, 4) is 0 Å². The van der Waals surface area contributed by atoms with Gasteiger partial charge in [-0.3, -0.25) is 4.68 Å². The van der Waals surface area contributed by atoms with Crippen LogP contribution >= 0.6 is 0 Å². The van der Waals surface area contributed by atoms with Gasteiger partial charge in [-0.25, -0.2) is 0 Å².